The number of ether oxygens (including phenoxy) is 2. The van der Waals surface area contributed by atoms with E-state index in [0.29, 0.717) is 23.9 Å². The molecule has 0 aliphatic carbocycles. The zero-order valence-electron chi connectivity index (χ0n) is 18.0. The highest BCUT2D eigenvalue weighted by molar-refractivity contribution is 6.32. The van der Waals surface area contributed by atoms with Gasteiger partial charge < -0.3 is 20.1 Å². The van der Waals surface area contributed by atoms with Gasteiger partial charge in [-0.2, -0.15) is 0 Å². The number of benzene rings is 3. The molecule has 0 radical (unpaired) electrons. The van der Waals surface area contributed by atoms with Gasteiger partial charge in [0.1, 0.15) is 11.5 Å². The van der Waals surface area contributed by atoms with Crippen LogP contribution in [0, 0.1) is 13.8 Å². The highest BCUT2D eigenvalue weighted by Gasteiger charge is 2.09. The molecule has 0 aliphatic heterocycles. The van der Waals surface area contributed by atoms with Crippen molar-refractivity contribution in [3.05, 3.63) is 82.4 Å². The van der Waals surface area contributed by atoms with Gasteiger partial charge in [-0.05, 0) is 79.9 Å². The molecular formula is C25H27ClN2O3. The Bertz CT molecular complexity index is 1040. The second kappa shape index (κ2) is 10.7. The Labute approximate surface area is 188 Å². The van der Waals surface area contributed by atoms with E-state index in [9.17, 15) is 4.79 Å². The molecule has 0 bridgehead atoms. The molecule has 5 nitrogen and oxygen atoms in total. The van der Waals surface area contributed by atoms with Crippen LogP contribution in [-0.2, 0) is 11.3 Å². The fourth-order valence-corrected chi connectivity index (χ4v) is 3.27. The van der Waals surface area contributed by atoms with Crippen molar-refractivity contribution in [1.82, 2.24) is 0 Å². The van der Waals surface area contributed by atoms with Crippen LogP contribution in [0.25, 0.3) is 0 Å². The third-order valence-corrected chi connectivity index (χ3v) is 4.98. The first-order valence-electron chi connectivity index (χ1n) is 10.2. The first kappa shape index (κ1) is 22.5. The van der Waals surface area contributed by atoms with Crippen LogP contribution in [0.4, 0.5) is 11.4 Å². The minimum absolute atomic E-state index is 0.114. The number of anilines is 2. The van der Waals surface area contributed by atoms with Gasteiger partial charge in [-0.3, -0.25) is 4.79 Å². The lowest BCUT2D eigenvalue weighted by molar-refractivity contribution is -0.118. The monoisotopic (exact) mass is 438 g/mol. The zero-order chi connectivity index (χ0) is 22.2. The summed E-state index contributed by atoms with van der Waals surface area (Å²) in [7, 11) is 0. The summed E-state index contributed by atoms with van der Waals surface area (Å²) in [6.45, 7) is 7.04. The largest absolute Gasteiger partial charge is 0.494 e. The summed E-state index contributed by atoms with van der Waals surface area (Å²) in [4.78, 5) is 12.3. The van der Waals surface area contributed by atoms with Crippen LogP contribution >= 0.6 is 11.6 Å². The quantitative estimate of drug-likeness (QED) is 0.431. The van der Waals surface area contributed by atoms with Gasteiger partial charge in [0.05, 0.1) is 11.6 Å². The van der Waals surface area contributed by atoms with E-state index in [1.807, 2.05) is 75.4 Å². The van der Waals surface area contributed by atoms with E-state index in [0.717, 1.165) is 33.8 Å². The molecule has 6 heteroatoms. The third kappa shape index (κ3) is 6.66. The van der Waals surface area contributed by atoms with Gasteiger partial charge in [-0.25, -0.2) is 0 Å². The SMILES string of the molecule is CCOc1ccc(NCc2ccc(OCC(=O)Nc3cc(C)ccc3C)c(Cl)c2)cc1. The summed E-state index contributed by atoms with van der Waals surface area (Å²) >= 11 is 6.36. The minimum atomic E-state index is -0.231. The molecular weight excluding hydrogens is 412 g/mol. The van der Waals surface area contributed by atoms with E-state index in [2.05, 4.69) is 10.6 Å². The van der Waals surface area contributed by atoms with Gasteiger partial charge in [-0.1, -0.05) is 29.8 Å². The first-order chi connectivity index (χ1) is 14.9. The summed E-state index contributed by atoms with van der Waals surface area (Å²) in [6, 6.07) is 19.3. The second-order valence-electron chi connectivity index (χ2n) is 7.23. The molecule has 0 saturated heterocycles. The van der Waals surface area contributed by atoms with E-state index < -0.39 is 0 Å². The Morgan fingerprint density at radius 2 is 1.74 bits per heavy atom. The molecule has 0 spiro atoms. The Morgan fingerprint density at radius 1 is 0.968 bits per heavy atom. The summed E-state index contributed by atoms with van der Waals surface area (Å²) in [5.74, 6) is 1.09. The molecule has 3 rings (SSSR count). The number of nitrogens with one attached hydrogen (secondary N) is 2. The molecule has 0 unspecified atom stereocenters. The van der Waals surface area contributed by atoms with Gasteiger partial charge in [0.15, 0.2) is 6.61 Å². The van der Waals surface area contributed by atoms with Crippen LogP contribution in [0.2, 0.25) is 5.02 Å². The average Bonchev–Trinajstić information content (AvgIpc) is 2.75. The van der Waals surface area contributed by atoms with Gasteiger partial charge in [-0.15, -0.1) is 0 Å². The lowest BCUT2D eigenvalue weighted by Gasteiger charge is -2.12. The van der Waals surface area contributed by atoms with Gasteiger partial charge >= 0.3 is 0 Å². The van der Waals surface area contributed by atoms with Gasteiger partial charge in [0.25, 0.3) is 5.91 Å². The van der Waals surface area contributed by atoms with Crippen molar-refractivity contribution < 1.29 is 14.3 Å². The standard InChI is InChI=1S/C25H27ClN2O3/c1-4-30-21-10-8-20(9-11-21)27-15-19-7-12-24(22(26)14-19)31-16-25(29)28-23-13-17(2)5-6-18(23)3/h5-14,27H,4,15-16H2,1-3H3,(H,28,29). The third-order valence-electron chi connectivity index (χ3n) is 4.68. The molecule has 0 heterocycles. The van der Waals surface area contributed by atoms with Crippen LogP contribution in [0.3, 0.4) is 0 Å². The topological polar surface area (TPSA) is 59.6 Å². The van der Waals surface area contributed by atoms with Crippen molar-refractivity contribution in [2.24, 2.45) is 0 Å². The van der Waals surface area contributed by atoms with Crippen molar-refractivity contribution in [1.29, 1.82) is 0 Å². The van der Waals surface area contributed by atoms with E-state index in [-0.39, 0.29) is 12.5 Å². The molecule has 31 heavy (non-hydrogen) atoms. The predicted octanol–water partition coefficient (Wildman–Crippen LogP) is 5.99. The molecule has 3 aromatic rings. The number of aryl methyl sites for hydroxylation is 2. The highest BCUT2D eigenvalue weighted by Crippen LogP contribution is 2.26. The van der Waals surface area contributed by atoms with Crippen molar-refractivity contribution in [2.75, 3.05) is 23.8 Å². The van der Waals surface area contributed by atoms with Gasteiger partial charge in [0.2, 0.25) is 0 Å². The van der Waals surface area contributed by atoms with E-state index in [1.165, 1.54) is 0 Å². The maximum Gasteiger partial charge on any atom is 0.262 e. The molecule has 0 fully saturated rings. The molecule has 0 atom stereocenters. The zero-order valence-corrected chi connectivity index (χ0v) is 18.8. The number of amides is 1. The lowest BCUT2D eigenvalue weighted by atomic mass is 10.1. The Morgan fingerprint density at radius 3 is 2.45 bits per heavy atom. The molecule has 2 N–H and O–H groups in total. The maximum atomic E-state index is 12.3. The fraction of sp³-hybridized carbons (Fsp3) is 0.240. The fourth-order valence-electron chi connectivity index (χ4n) is 3.01. The highest BCUT2D eigenvalue weighted by atomic mass is 35.5. The predicted molar refractivity (Wildman–Crippen MR) is 126 cm³/mol. The van der Waals surface area contributed by atoms with Crippen LogP contribution in [0.1, 0.15) is 23.6 Å². The second-order valence-corrected chi connectivity index (χ2v) is 7.64. The summed E-state index contributed by atoms with van der Waals surface area (Å²) in [5, 5.41) is 6.69. The van der Waals surface area contributed by atoms with Crippen molar-refractivity contribution in [3.63, 3.8) is 0 Å². The summed E-state index contributed by atoms with van der Waals surface area (Å²) in [5.41, 5.74) is 4.87. The number of halogens is 1. The number of carbonyl (C=O) groups is 1. The Balaban J connectivity index is 1.51. The van der Waals surface area contributed by atoms with E-state index in [4.69, 9.17) is 21.1 Å². The number of rotatable bonds is 9. The normalized spacial score (nSPS) is 10.5. The molecule has 162 valence electrons. The molecule has 1 amide bonds. The number of hydrogen-bond donors (Lipinski definition) is 2. The van der Waals surface area contributed by atoms with Crippen LogP contribution in [-0.4, -0.2) is 19.1 Å². The van der Waals surface area contributed by atoms with Crippen LogP contribution in [0.5, 0.6) is 11.5 Å². The number of carbonyl (C=O) groups excluding carboxylic acids is 1. The average molecular weight is 439 g/mol. The molecule has 0 aromatic heterocycles. The number of hydrogen-bond acceptors (Lipinski definition) is 4. The van der Waals surface area contributed by atoms with E-state index in [1.54, 1.807) is 6.07 Å². The van der Waals surface area contributed by atoms with E-state index >= 15 is 0 Å². The molecule has 0 saturated carbocycles. The molecule has 3 aromatic carbocycles. The lowest BCUT2D eigenvalue weighted by Crippen LogP contribution is -2.20. The Kier molecular flexibility index (Phi) is 7.79. The molecule has 0 aliphatic rings. The van der Waals surface area contributed by atoms with Crippen LogP contribution in [0.15, 0.2) is 60.7 Å². The minimum Gasteiger partial charge on any atom is -0.494 e. The van der Waals surface area contributed by atoms with Crippen molar-refractivity contribution >= 4 is 28.9 Å². The van der Waals surface area contributed by atoms with Gasteiger partial charge in [0, 0.05) is 17.9 Å². The Hall–Kier alpha value is -3.18. The van der Waals surface area contributed by atoms with Crippen molar-refractivity contribution in [2.45, 2.75) is 27.3 Å². The maximum absolute atomic E-state index is 12.3. The van der Waals surface area contributed by atoms with Crippen molar-refractivity contribution in [3.8, 4) is 11.5 Å². The van der Waals surface area contributed by atoms with Crippen LogP contribution < -0.4 is 20.1 Å². The summed E-state index contributed by atoms with van der Waals surface area (Å²) < 4.78 is 11.1. The first-order valence-corrected chi connectivity index (χ1v) is 10.6. The smallest absolute Gasteiger partial charge is 0.262 e. The summed E-state index contributed by atoms with van der Waals surface area (Å²) in [6.07, 6.45) is 0.